The second-order valence-corrected chi connectivity index (χ2v) is 7.32. The monoisotopic (exact) mass is 363 g/mol. The molecular weight excluding hydrogens is 342 g/mol. The summed E-state index contributed by atoms with van der Waals surface area (Å²) in [5, 5.41) is 12.5. The van der Waals surface area contributed by atoms with Crippen molar-refractivity contribution >= 4 is 17.0 Å². The third-order valence-electron chi connectivity index (χ3n) is 4.18. The lowest BCUT2D eigenvalue weighted by Gasteiger charge is -2.19. The summed E-state index contributed by atoms with van der Waals surface area (Å²) in [5.74, 6) is 0.396. The van der Waals surface area contributed by atoms with Gasteiger partial charge < -0.3 is 5.32 Å². The van der Waals surface area contributed by atoms with Crippen molar-refractivity contribution in [3.05, 3.63) is 64.8 Å². The van der Waals surface area contributed by atoms with Crippen molar-refractivity contribution in [2.75, 3.05) is 5.32 Å². The van der Waals surface area contributed by atoms with Crippen LogP contribution in [0.25, 0.3) is 16.7 Å². The van der Waals surface area contributed by atoms with Gasteiger partial charge in [-0.15, -0.1) is 0 Å². The predicted octanol–water partition coefficient (Wildman–Crippen LogP) is 2.67. The first-order chi connectivity index (χ1) is 12.9. The molecule has 0 fully saturated rings. The largest absolute Gasteiger partial charge is 0.350 e. The molecule has 27 heavy (non-hydrogen) atoms. The Labute approximate surface area is 155 Å². The van der Waals surface area contributed by atoms with Crippen molar-refractivity contribution in [1.82, 2.24) is 29.5 Å². The molecule has 0 saturated heterocycles. The summed E-state index contributed by atoms with van der Waals surface area (Å²) in [4.78, 5) is 19.6. The third-order valence-corrected chi connectivity index (χ3v) is 4.18. The molecule has 138 valence electrons. The second-order valence-electron chi connectivity index (χ2n) is 7.32. The van der Waals surface area contributed by atoms with E-state index in [1.807, 2.05) is 68.0 Å². The molecule has 3 heterocycles. The fraction of sp³-hybridized carbons (Fsp3) is 0.263. The van der Waals surface area contributed by atoms with Gasteiger partial charge in [0, 0.05) is 6.20 Å². The van der Waals surface area contributed by atoms with Crippen LogP contribution in [0.1, 0.15) is 26.5 Å². The van der Waals surface area contributed by atoms with Crippen LogP contribution < -0.4 is 10.9 Å². The summed E-state index contributed by atoms with van der Waals surface area (Å²) in [6.07, 6.45) is 3.46. The zero-order chi connectivity index (χ0) is 19.0. The number of H-pyrrole nitrogens is 1. The fourth-order valence-corrected chi connectivity index (χ4v) is 2.85. The average molecular weight is 363 g/mol. The Balaban J connectivity index is 1.58. The number of para-hydroxylation sites is 1. The number of fused-ring (bicyclic) bond motifs is 1. The molecule has 8 nitrogen and oxygen atoms in total. The summed E-state index contributed by atoms with van der Waals surface area (Å²) in [7, 11) is 0. The van der Waals surface area contributed by atoms with E-state index in [0.717, 1.165) is 11.4 Å². The summed E-state index contributed by atoms with van der Waals surface area (Å²) in [6.45, 7) is 6.50. The molecule has 0 atom stereocenters. The van der Waals surface area contributed by atoms with Crippen molar-refractivity contribution in [2.45, 2.75) is 32.9 Å². The maximum Gasteiger partial charge on any atom is 0.263 e. The maximum absolute atomic E-state index is 12.3. The first-order valence-corrected chi connectivity index (χ1v) is 8.74. The van der Waals surface area contributed by atoms with E-state index in [-0.39, 0.29) is 11.1 Å². The van der Waals surface area contributed by atoms with Gasteiger partial charge in [-0.25, -0.2) is 9.36 Å². The van der Waals surface area contributed by atoms with Crippen LogP contribution in [-0.4, -0.2) is 29.5 Å². The highest BCUT2D eigenvalue weighted by atomic mass is 16.1. The lowest BCUT2D eigenvalue weighted by Crippen LogP contribution is -2.24. The molecule has 8 heteroatoms. The van der Waals surface area contributed by atoms with Gasteiger partial charge in [0.2, 0.25) is 5.95 Å². The Hall–Kier alpha value is -3.42. The molecule has 0 bridgehead atoms. The molecule has 2 N–H and O–H groups in total. The minimum atomic E-state index is -0.270. The number of hydrogen-bond donors (Lipinski definition) is 2. The van der Waals surface area contributed by atoms with Crippen LogP contribution in [0.5, 0.6) is 0 Å². The molecule has 0 aliphatic heterocycles. The SMILES string of the molecule is CC(C)(C)n1ncc2c(=O)[nH]c(NCc3ccn(-c4ccccc4)n3)nc21. The zero-order valence-electron chi connectivity index (χ0n) is 15.5. The molecule has 0 aliphatic rings. The number of rotatable bonds is 4. The average Bonchev–Trinajstić information content (AvgIpc) is 3.27. The second kappa shape index (κ2) is 6.39. The summed E-state index contributed by atoms with van der Waals surface area (Å²) >= 11 is 0. The van der Waals surface area contributed by atoms with E-state index in [0.29, 0.717) is 23.5 Å². The van der Waals surface area contributed by atoms with Crippen LogP contribution in [0.2, 0.25) is 0 Å². The van der Waals surface area contributed by atoms with Gasteiger partial charge in [-0.3, -0.25) is 9.78 Å². The van der Waals surface area contributed by atoms with Crippen LogP contribution >= 0.6 is 0 Å². The molecule has 0 aliphatic carbocycles. The van der Waals surface area contributed by atoms with Gasteiger partial charge in [-0.05, 0) is 39.0 Å². The van der Waals surface area contributed by atoms with E-state index >= 15 is 0 Å². The minimum absolute atomic E-state index is 0.215. The minimum Gasteiger partial charge on any atom is -0.350 e. The van der Waals surface area contributed by atoms with E-state index in [4.69, 9.17) is 0 Å². The number of hydrogen-bond acceptors (Lipinski definition) is 5. The molecule has 0 spiro atoms. The van der Waals surface area contributed by atoms with Crippen molar-refractivity contribution in [2.24, 2.45) is 0 Å². The van der Waals surface area contributed by atoms with Crippen LogP contribution in [0.3, 0.4) is 0 Å². The van der Waals surface area contributed by atoms with Gasteiger partial charge in [0.1, 0.15) is 5.39 Å². The number of anilines is 1. The quantitative estimate of drug-likeness (QED) is 0.581. The molecule has 0 unspecified atom stereocenters. The van der Waals surface area contributed by atoms with E-state index in [1.165, 1.54) is 0 Å². The summed E-state index contributed by atoms with van der Waals surface area (Å²) in [5.41, 5.74) is 1.90. The summed E-state index contributed by atoms with van der Waals surface area (Å²) in [6, 6.07) is 11.8. The smallest absolute Gasteiger partial charge is 0.263 e. The van der Waals surface area contributed by atoms with Gasteiger partial charge in [-0.1, -0.05) is 18.2 Å². The van der Waals surface area contributed by atoms with Crippen LogP contribution in [-0.2, 0) is 12.1 Å². The lowest BCUT2D eigenvalue weighted by molar-refractivity contribution is 0.366. The van der Waals surface area contributed by atoms with E-state index in [9.17, 15) is 4.79 Å². The van der Waals surface area contributed by atoms with Crippen LogP contribution in [0.15, 0.2) is 53.6 Å². The van der Waals surface area contributed by atoms with Crippen molar-refractivity contribution in [3.63, 3.8) is 0 Å². The van der Waals surface area contributed by atoms with Crippen LogP contribution in [0, 0.1) is 0 Å². The molecule has 4 rings (SSSR count). The Morgan fingerprint density at radius 2 is 1.93 bits per heavy atom. The van der Waals surface area contributed by atoms with Gasteiger partial charge >= 0.3 is 0 Å². The maximum atomic E-state index is 12.3. The molecule has 0 saturated carbocycles. The Morgan fingerprint density at radius 1 is 1.15 bits per heavy atom. The number of benzene rings is 1. The van der Waals surface area contributed by atoms with Crippen molar-refractivity contribution < 1.29 is 0 Å². The van der Waals surface area contributed by atoms with E-state index in [2.05, 4.69) is 25.5 Å². The van der Waals surface area contributed by atoms with Gasteiger partial charge in [0.05, 0.1) is 29.7 Å². The molecule has 1 aromatic carbocycles. The van der Waals surface area contributed by atoms with E-state index in [1.54, 1.807) is 10.9 Å². The van der Waals surface area contributed by atoms with Crippen LogP contribution in [0.4, 0.5) is 5.95 Å². The Bertz CT molecular complexity index is 1130. The van der Waals surface area contributed by atoms with Gasteiger partial charge in [0.15, 0.2) is 5.65 Å². The molecule has 0 amide bonds. The normalized spacial score (nSPS) is 11.8. The number of nitrogens with zero attached hydrogens (tertiary/aromatic N) is 5. The molecule has 3 aromatic heterocycles. The highest BCUT2D eigenvalue weighted by Crippen LogP contribution is 2.18. The number of aromatic amines is 1. The van der Waals surface area contributed by atoms with Crippen molar-refractivity contribution in [3.8, 4) is 5.69 Å². The molecular formula is C19H21N7O. The topological polar surface area (TPSA) is 93.4 Å². The third kappa shape index (κ3) is 3.33. The van der Waals surface area contributed by atoms with Gasteiger partial charge in [-0.2, -0.15) is 15.2 Å². The number of nitrogens with one attached hydrogen (secondary N) is 2. The highest BCUT2D eigenvalue weighted by Gasteiger charge is 2.19. The Kier molecular flexibility index (Phi) is 4.02. The zero-order valence-corrected chi connectivity index (χ0v) is 15.5. The Morgan fingerprint density at radius 3 is 2.67 bits per heavy atom. The molecule has 0 radical (unpaired) electrons. The first kappa shape index (κ1) is 17.0. The first-order valence-electron chi connectivity index (χ1n) is 8.74. The standard InChI is InChI=1S/C19H21N7O/c1-19(2,3)26-16-15(12-21-26)17(27)23-18(22-16)20-11-13-9-10-25(24-13)14-7-5-4-6-8-14/h4-10,12H,11H2,1-3H3,(H2,20,22,23,27). The number of aromatic nitrogens is 6. The summed E-state index contributed by atoms with van der Waals surface area (Å²) < 4.78 is 3.57. The molecule has 4 aromatic rings. The van der Waals surface area contributed by atoms with Crippen molar-refractivity contribution in [1.29, 1.82) is 0 Å². The lowest BCUT2D eigenvalue weighted by atomic mass is 10.1. The predicted molar refractivity (Wildman–Crippen MR) is 104 cm³/mol. The van der Waals surface area contributed by atoms with Gasteiger partial charge in [0.25, 0.3) is 5.56 Å². The highest BCUT2D eigenvalue weighted by molar-refractivity contribution is 5.74. The van der Waals surface area contributed by atoms with E-state index < -0.39 is 0 Å². The fourth-order valence-electron chi connectivity index (χ4n) is 2.85.